The van der Waals surface area contributed by atoms with Crippen molar-refractivity contribution in [1.82, 2.24) is 15.3 Å². The second-order valence-corrected chi connectivity index (χ2v) is 10.2. The van der Waals surface area contributed by atoms with Gasteiger partial charge in [-0.3, -0.25) is 14.5 Å². The number of alkyl halides is 2. The highest BCUT2D eigenvalue weighted by molar-refractivity contribution is 6.31. The van der Waals surface area contributed by atoms with Gasteiger partial charge in [-0.05, 0) is 43.2 Å². The Labute approximate surface area is 238 Å². The molecule has 1 aromatic heterocycles. The number of hydrogen-bond acceptors (Lipinski definition) is 6. The molecule has 13 heteroatoms. The lowest BCUT2D eigenvalue weighted by molar-refractivity contribution is -0.128. The van der Waals surface area contributed by atoms with Crippen molar-refractivity contribution in [2.75, 3.05) is 16.4 Å². The van der Waals surface area contributed by atoms with Gasteiger partial charge in [-0.15, -0.1) is 0 Å². The molecular formula is C28H25ClF3N5O4. The summed E-state index contributed by atoms with van der Waals surface area (Å²) in [5.74, 6) is -5.11. The van der Waals surface area contributed by atoms with Crippen LogP contribution in [0.2, 0.25) is 5.02 Å². The van der Waals surface area contributed by atoms with Crippen LogP contribution in [0, 0.1) is 5.82 Å². The van der Waals surface area contributed by atoms with Gasteiger partial charge < -0.3 is 10.1 Å². The third-order valence-corrected chi connectivity index (χ3v) is 7.36. The van der Waals surface area contributed by atoms with E-state index in [1.807, 2.05) is 0 Å². The SMILES string of the molecule is O=C(NC1CCC(F)(F)CC1)[C@H](c1ccccc1Cl)N(C(=O)C1COC(=O)N1c1ncccn1)c1cccc(F)c1. The minimum Gasteiger partial charge on any atom is -0.446 e. The number of aromatic nitrogens is 2. The average molecular weight is 588 g/mol. The van der Waals surface area contributed by atoms with E-state index in [9.17, 15) is 27.6 Å². The van der Waals surface area contributed by atoms with Crippen molar-refractivity contribution >= 4 is 41.1 Å². The van der Waals surface area contributed by atoms with E-state index in [2.05, 4.69) is 15.3 Å². The van der Waals surface area contributed by atoms with Crippen molar-refractivity contribution in [2.24, 2.45) is 0 Å². The first-order valence-corrected chi connectivity index (χ1v) is 13.3. The van der Waals surface area contributed by atoms with Gasteiger partial charge in [0.2, 0.25) is 17.8 Å². The van der Waals surface area contributed by atoms with Gasteiger partial charge in [0.25, 0.3) is 5.91 Å². The molecule has 2 aliphatic rings. The molecule has 2 fully saturated rings. The first-order chi connectivity index (χ1) is 19.6. The molecule has 1 unspecified atom stereocenters. The van der Waals surface area contributed by atoms with Gasteiger partial charge in [-0.2, -0.15) is 0 Å². The van der Waals surface area contributed by atoms with E-state index in [4.69, 9.17) is 16.3 Å². The largest absolute Gasteiger partial charge is 0.446 e. The van der Waals surface area contributed by atoms with E-state index in [0.29, 0.717) is 0 Å². The molecule has 1 N–H and O–H groups in total. The van der Waals surface area contributed by atoms with E-state index < -0.39 is 67.2 Å². The molecule has 9 nitrogen and oxygen atoms in total. The van der Waals surface area contributed by atoms with E-state index in [-0.39, 0.29) is 35.1 Å². The fourth-order valence-electron chi connectivity index (χ4n) is 4.99. The fraction of sp³-hybridized carbons (Fsp3) is 0.321. The van der Waals surface area contributed by atoms with Gasteiger partial charge in [0.15, 0.2) is 6.04 Å². The maximum Gasteiger partial charge on any atom is 0.417 e. The van der Waals surface area contributed by atoms with E-state index in [0.717, 1.165) is 15.9 Å². The maximum absolute atomic E-state index is 14.5. The van der Waals surface area contributed by atoms with Gasteiger partial charge in [-0.25, -0.2) is 32.8 Å². The average Bonchev–Trinajstić information content (AvgIpc) is 3.34. The highest BCUT2D eigenvalue weighted by Gasteiger charge is 2.47. The summed E-state index contributed by atoms with van der Waals surface area (Å²) >= 11 is 6.52. The molecule has 41 heavy (non-hydrogen) atoms. The van der Waals surface area contributed by atoms with Crippen molar-refractivity contribution in [1.29, 1.82) is 0 Å². The zero-order valence-electron chi connectivity index (χ0n) is 21.6. The number of rotatable bonds is 7. The quantitative estimate of drug-likeness (QED) is 0.414. The van der Waals surface area contributed by atoms with Crippen molar-refractivity contribution in [3.05, 3.63) is 83.4 Å². The van der Waals surface area contributed by atoms with E-state index >= 15 is 0 Å². The Hall–Kier alpha value is -4.19. The molecule has 0 radical (unpaired) electrons. The standard InChI is InChI=1S/C28H25ClF3N5O4/c29-21-8-2-1-7-20(21)23(24(38)35-18-9-11-28(31,32)12-10-18)36(19-6-3-5-17(30)15-19)25(39)22-16-41-27(40)37(22)26-33-13-4-14-34-26/h1-8,13-15,18,22-23H,9-12,16H2,(H,35,38)/t22?,23-/m0/s1. The summed E-state index contributed by atoms with van der Waals surface area (Å²) in [6.45, 7) is -0.393. The molecule has 0 bridgehead atoms. The van der Waals surface area contributed by atoms with Crippen LogP contribution in [0.25, 0.3) is 0 Å². The Morgan fingerprint density at radius 1 is 1.07 bits per heavy atom. The number of ether oxygens (including phenoxy) is 1. The molecule has 1 saturated heterocycles. The molecule has 2 aromatic carbocycles. The third-order valence-electron chi connectivity index (χ3n) is 7.02. The van der Waals surface area contributed by atoms with Crippen molar-refractivity contribution in [3.8, 4) is 0 Å². The lowest BCUT2D eigenvalue weighted by atomic mass is 9.91. The Balaban J connectivity index is 1.58. The number of anilines is 2. The van der Waals surface area contributed by atoms with Crippen LogP contribution in [0.5, 0.6) is 0 Å². The smallest absolute Gasteiger partial charge is 0.417 e. The predicted octanol–water partition coefficient (Wildman–Crippen LogP) is 5.06. The van der Waals surface area contributed by atoms with Gasteiger partial charge >= 0.3 is 6.09 Å². The highest BCUT2D eigenvalue weighted by Crippen LogP contribution is 2.36. The van der Waals surface area contributed by atoms with E-state index in [1.165, 1.54) is 48.8 Å². The maximum atomic E-state index is 14.5. The van der Waals surface area contributed by atoms with Crippen LogP contribution in [-0.4, -0.2) is 52.5 Å². The Morgan fingerprint density at radius 3 is 2.46 bits per heavy atom. The molecule has 1 aliphatic carbocycles. The van der Waals surface area contributed by atoms with Gasteiger partial charge in [-0.1, -0.05) is 35.9 Å². The highest BCUT2D eigenvalue weighted by atomic mass is 35.5. The monoisotopic (exact) mass is 587 g/mol. The number of halogens is 4. The fourth-order valence-corrected chi connectivity index (χ4v) is 5.23. The Morgan fingerprint density at radius 2 is 1.78 bits per heavy atom. The summed E-state index contributed by atoms with van der Waals surface area (Å²) in [5.41, 5.74) is 0.205. The van der Waals surface area contributed by atoms with Crippen molar-refractivity contribution in [3.63, 3.8) is 0 Å². The number of nitrogens with one attached hydrogen (secondary N) is 1. The number of cyclic esters (lactones) is 1. The molecule has 2 atom stereocenters. The van der Waals surface area contributed by atoms with Crippen LogP contribution in [0.3, 0.4) is 0 Å². The summed E-state index contributed by atoms with van der Waals surface area (Å²) in [5, 5.41) is 2.93. The summed E-state index contributed by atoms with van der Waals surface area (Å²) in [6.07, 6.45) is 1.17. The van der Waals surface area contributed by atoms with Crippen LogP contribution in [-0.2, 0) is 14.3 Å². The lowest BCUT2D eigenvalue weighted by Crippen LogP contribution is -2.54. The first kappa shape index (κ1) is 28.3. The van der Waals surface area contributed by atoms with Gasteiger partial charge in [0, 0.05) is 47.6 Å². The number of hydrogen-bond donors (Lipinski definition) is 1. The number of nitrogens with zero attached hydrogens (tertiary/aromatic N) is 4. The van der Waals surface area contributed by atoms with Crippen LogP contribution >= 0.6 is 11.6 Å². The third kappa shape index (κ3) is 6.12. The minimum atomic E-state index is -2.81. The molecule has 1 saturated carbocycles. The zero-order valence-corrected chi connectivity index (χ0v) is 22.3. The molecular weight excluding hydrogens is 563 g/mol. The van der Waals surface area contributed by atoms with Crippen molar-refractivity contribution in [2.45, 2.75) is 49.7 Å². The molecule has 1 aliphatic heterocycles. The number of benzene rings is 2. The van der Waals surface area contributed by atoms with Crippen LogP contribution in [0.4, 0.5) is 29.6 Å². The lowest BCUT2D eigenvalue weighted by Gasteiger charge is -2.36. The van der Waals surface area contributed by atoms with Crippen molar-refractivity contribution < 1.29 is 32.3 Å². The number of carbonyl (C=O) groups excluding carboxylic acids is 3. The summed E-state index contributed by atoms with van der Waals surface area (Å²) in [4.78, 5) is 51.1. The molecule has 2 heterocycles. The molecule has 214 valence electrons. The Kier molecular flexibility index (Phi) is 8.11. The van der Waals surface area contributed by atoms with Crippen LogP contribution in [0.15, 0.2) is 67.0 Å². The summed E-state index contributed by atoms with van der Waals surface area (Å²) in [7, 11) is 0. The molecule has 0 spiro atoms. The van der Waals surface area contributed by atoms with Crippen LogP contribution in [0.1, 0.15) is 37.3 Å². The predicted molar refractivity (Wildman–Crippen MR) is 143 cm³/mol. The minimum absolute atomic E-state index is 0.00136. The summed E-state index contributed by atoms with van der Waals surface area (Å²) < 4.78 is 47.3. The normalized spacial score (nSPS) is 19.4. The second-order valence-electron chi connectivity index (χ2n) is 9.76. The number of carbonyl (C=O) groups is 3. The molecule has 3 amide bonds. The van der Waals surface area contributed by atoms with Gasteiger partial charge in [0.1, 0.15) is 18.5 Å². The van der Waals surface area contributed by atoms with Gasteiger partial charge in [0.05, 0.1) is 0 Å². The van der Waals surface area contributed by atoms with Crippen LogP contribution < -0.4 is 15.1 Å². The second kappa shape index (κ2) is 11.7. The molecule has 3 aromatic rings. The first-order valence-electron chi connectivity index (χ1n) is 12.9. The van der Waals surface area contributed by atoms with E-state index in [1.54, 1.807) is 12.1 Å². The summed E-state index contributed by atoms with van der Waals surface area (Å²) in [6, 6.07) is 9.51. The number of amides is 3. The Bertz CT molecular complexity index is 1440. The zero-order chi connectivity index (χ0) is 29.1. The topological polar surface area (TPSA) is 105 Å². The molecule has 5 rings (SSSR count).